The molecule has 1 N–H and O–H groups in total. The van der Waals surface area contributed by atoms with E-state index in [4.69, 9.17) is 0 Å². The van der Waals surface area contributed by atoms with Crippen molar-refractivity contribution < 1.29 is 5.11 Å². The number of hydrogen-bond donors (Lipinski definition) is 1. The van der Waals surface area contributed by atoms with Crippen molar-refractivity contribution >= 4 is 0 Å². The van der Waals surface area contributed by atoms with Gasteiger partial charge in [-0.2, -0.15) is 0 Å². The fraction of sp³-hybridized carbons (Fsp3) is 0.625. The minimum Gasteiger partial charge on any atom is -0.393 e. The molecule has 0 bridgehead atoms. The van der Waals surface area contributed by atoms with Crippen molar-refractivity contribution in [3.05, 3.63) is 35.4 Å². The van der Waals surface area contributed by atoms with Crippen molar-refractivity contribution in [2.24, 2.45) is 5.92 Å². The zero-order valence-electron chi connectivity index (χ0n) is 11.0. The summed E-state index contributed by atoms with van der Waals surface area (Å²) in [6.07, 6.45) is 5.83. The largest absolute Gasteiger partial charge is 0.393 e. The van der Waals surface area contributed by atoms with Gasteiger partial charge in [0.2, 0.25) is 0 Å². The third-order valence-corrected chi connectivity index (χ3v) is 4.57. The molecule has 1 fully saturated rings. The number of benzene rings is 1. The molecule has 1 aromatic rings. The summed E-state index contributed by atoms with van der Waals surface area (Å²) in [6.45, 7) is 3.30. The van der Waals surface area contributed by atoms with Gasteiger partial charge in [0, 0.05) is 19.6 Å². The Labute approximate surface area is 110 Å². The van der Waals surface area contributed by atoms with Gasteiger partial charge in [-0.3, -0.25) is 4.90 Å². The summed E-state index contributed by atoms with van der Waals surface area (Å²) in [5.74, 6) is 0.504. The lowest BCUT2D eigenvalue weighted by Crippen LogP contribution is -2.39. The molecule has 3 rings (SSSR count). The average molecular weight is 245 g/mol. The van der Waals surface area contributed by atoms with Crippen LogP contribution in [-0.2, 0) is 13.0 Å². The van der Waals surface area contributed by atoms with Crippen molar-refractivity contribution in [3.63, 3.8) is 0 Å². The summed E-state index contributed by atoms with van der Waals surface area (Å²) in [6, 6.07) is 8.78. The van der Waals surface area contributed by atoms with E-state index in [1.807, 2.05) is 0 Å². The Morgan fingerprint density at radius 3 is 2.72 bits per heavy atom. The van der Waals surface area contributed by atoms with E-state index in [0.717, 1.165) is 26.1 Å². The number of nitrogens with zero attached hydrogens (tertiary/aromatic N) is 1. The maximum Gasteiger partial charge on any atom is 0.0580 e. The SMILES string of the molecule is OC1CCCCC1CN1CCc2ccccc2C1. The Bertz CT molecular complexity index is 404. The lowest BCUT2D eigenvalue weighted by Gasteiger charge is -2.35. The minimum atomic E-state index is -0.0593. The third kappa shape index (κ3) is 2.60. The molecular weight excluding hydrogens is 222 g/mol. The molecule has 0 radical (unpaired) electrons. The summed E-state index contributed by atoms with van der Waals surface area (Å²) in [5.41, 5.74) is 2.99. The van der Waals surface area contributed by atoms with Gasteiger partial charge in [0.05, 0.1) is 6.10 Å². The summed E-state index contributed by atoms with van der Waals surface area (Å²) < 4.78 is 0. The average Bonchev–Trinajstić information content (AvgIpc) is 2.41. The number of rotatable bonds is 2. The third-order valence-electron chi connectivity index (χ3n) is 4.57. The Kier molecular flexibility index (Phi) is 3.67. The summed E-state index contributed by atoms with van der Waals surface area (Å²) in [7, 11) is 0. The Hall–Kier alpha value is -0.860. The van der Waals surface area contributed by atoms with Gasteiger partial charge in [0.1, 0.15) is 0 Å². The van der Waals surface area contributed by atoms with Crippen LogP contribution >= 0.6 is 0 Å². The van der Waals surface area contributed by atoms with E-state index < -0.39 is 0 Å². The van der Waals surface area contributed by atoms with Crippen LogP contribution in [0.15, 0.2) is 24.3 Å². The van der Waals surface area contributed by atoms with E-state index in [1.54, 1.807) is 0 Å². The molecule has 1 aliphatic carbocycles. The van der Waals surface area contributed by atoms with Crippen LogP contribution in [0.2, 0.25) is 0 Å². The molecule has 0 aromatic heterocycles. The number of aliphatic hydroxyl groups excluding tert-OH is 1. The maximum atomic E-state index is 10.1. The zero-order chi connectivity index (χ0) is 12.4. The molecule has 98 valence electrons. The molecule has 2 heteroatoms. The van der Waals surface area contributed by atoms with E-state index in [2.05, 4.69) is 29.2 Å². The second-order valence-electron chi connectivity index (χ2n) is 5.87. The normalized spacial score (nSPS) is 28.9. The van der Waals surface area contributed by atoms with Crippen molar-refractivity contribution in [1.82, 2.24) is 4.90 Å². The van der Waals surface area contributed by atoms with Crippen LogP contribution in [0.4, 0.5) is 0 Å². The van der Waals surface area contributed by atoms with Crippen LogP contribution in [-0.4, -0.2) is 29.2 Å². The molecule has 1 aliphatic heterocycles. The van der Waals surface area contributed by atoms with Gasteiger partial charge >= 0.3 is 0 Å². The Balaban J connectivity index is 1.62. The molecule has 0 saturated heterocycles. The van der Waals surface area contributed by atoms with Gasteiger partial charge in [0.25, 0.3) is 0 Å². The molecule has 0 amide bonds. The molecule has 2 aliphatic rings. The Morgan fingerprint density at radius 1 is 1.11 bits per heavy atom. The van der Waals surface area contributed by atoms with Gasteiger partial charge in [-0.15, -0.1) is 0 Å². The standard InChI is InChI=1S/C16H23NO/c18-16-8-4-3-7-15(16)12-17-10-9-13-5-1-2-6-14(13)11-17/h1-2,5-6,15-16,18H,3-4,7-12H2. The quantitative estimate of drug-likeness (QED) is 0.865. The minimum absolute atomic E-state index is 0.0593. The van der Waals surface area contributed by atoms with Gasteiger partial charge in [-0.05, 0) is 36.3 Å². The molecular formula is C16H23NO. The number of aliphatic hydroxyl groups is 1. The van der Waals surface area contributed by atoms with Crippen molar-refractivity contribution in [2.75, 3.05) is 13.1 Å². The maximum absolute atomic E-state index is 10.1. The molecule has 2 nitrogen and oxygen atoms in total. The monoisotopic (exact) mass is 245 g/mol. The molecule has 1 heterocycles. The van der Waals surface area contributed by atoms with E-state index in [1.165, 1.54) is 36.8 Å². The zero-order valence-corrected chi connectivity index (χ0v) is 11.0. The lowest BCUT2D eigenvalue weighted by atomic mass is 9.85. The lowest BCUT2D eigenvalue weighted by molar-refractivity contribution is 0.0436. The van der Waals surface area contributed by atoms with Crippen LogP contribution in [0.1, 0.15) is 36.8 Å². The van der Waals surface area contributed by atoms with Gasteiger partial charge in [-0.1, -0.05) is 37.1 Å². The first kappa shape index (κ1) is 12.2. The molecule has 0 spiro atoms. The van der Waals surface area contributed by atoms with Crippen LogP contribution in [0, 0.1) is 5.92 Å². The second kappa shape index (κ2) is 5.41. The van der Waals surface area contributed by atoms with Crippen molar-refractivity contribution in [2.45, 2.75) is 44.8 Å². The molecule has 1 saturated carbocycles. The molecule has 1 aromatic carbocycles. The van der Waals surface area contributed by atoms with Gasteiger partial charge in [0.15, 0.2) is 0 Å². The van der Waals surface area contributed by atoms with Crippen LogP contribution < -0.4 is 0 Å². The van der Waals surface area contributed by atoms with Gasteiger partial charge in [-0.25, -0.2) is 0 Å². The fourth-order valence-corrected chi connectivity index (χ4v) is 3.44. The fourth-order valence-electron chi connectivity index (χ4n) is 3.44. The Morgan fingerprint density at radius 2 is 1.89 bits per heavy atom. The number of fused-ring (bicyclic) bond motifs is 1. The van der Waals surface area contributed by atoms with Gasteiger partial charge < -0.3 is 5.11 Å². The van der Waals surface area contributed by atoms with Crippen LogP contribution in [0.3, 0.4) is 0 Å². The van der Waals surface area contributed by atoms with Crippen molar-refractivity contribution in [1.29, 1.82) is 0 Å². The highest BCUT2D eigenvalue weighted by molar-refractivity contribution is 5.29. The highest BCUT2D eigenvalue weighted by Crippen LogP contribution is 2.27. The van der Waals surface area contributed by atoms with E-state index in [0.29, 0.717) is 5.92 Å². The van der Waals surface area contributed by atoms with Crippen LogP contribution in [0.5, 0.6) is 0 Å². The summed E-state index contributed by atoms with van der Waals surface area (Å²) in [4.78, 5) is 2.53. The predicted molar refractivity (Wildman–Crippen MR) is 73.4 cm³/mol. The first-order valence-corrected chi connectivity index (χ1v) is 7.30. The van der Waals surface area contributed by atoms with Crippen LogP contribution in [0.25, 0.3) is 0 Å². The molecule has 2 atom stereocenters. The highest BCUT2D eigenvalue weighted by Gasteiger charge is 2.26. The van der Waals surface area contributed by atoms with E-state index in [-0.39, 0.29) is 6.10 Å². The first-order chi connectivity index (χ1) is 8.83. The number of hydrogen-bond acceptors (Lipinski definition) is 2. The predicted octanol–water partition coefficient (Wildman–Crippen LogP) is 2.60. The highest BCUT2D eigenvalue weighted by atomic mass is 16.3. The topological polar surface area (TPSA) is 23.5 Å². The van der Waals surface area contributed by atoms with E-state index in [9.17, 15) is 5.11 Å². The van der Waals surface area contributed by atoms with Crippen molar-refractivity contribution in [3.8, 4) is 0 Å². The summed E-state index contributed by atoms with van der Waals surface area (Å²) in [5, 5.41) is 10.1. The molecule has 2 unspecified atom stereocenters. The first-order valence-electron chi connectivity index (χ1n) is 7.30. The molecule has 18 heavy (non-hydrogen) atoms. The smallest absolute Gasteiger partial charge is 0.0580 e. The second-order valence-corrected chi connectivity index (χ2v) is 5.87. The summed E-state index contributed by atoms with van der Waals surface area (Å²) >= 11 is 0. The van der Waals surface area contributed by atoms with E-state index >= 15 is 0 Å².